The zero-order chi connectivity index (χ0) is 23.6. The Hall–Kier alpha value is -2.75. The lowest BCUT2D eigenvalue weighted by Crippen LogP contribution is -2.40. The maximum absolute atomic E-state index is 14.0. The van der Waals surface area contributed by atoms with Crippen molar-refractivity contribution in [3.05, 3.63) is 52.8 Å². The first kappa shape index (κ1) is 23.9. The standard InChI is InChI=1S/C21H21ClF4N4O2/c1-12(2)5-15-10-29(14-3-4-19(28-9-14)21(24,25)26)20(32)30(15)11-16(31)7-18-17(23)6-13(22)8-27-18/h3-4,6,8-9,12,15H,5,7,10-11H2,1-2H3/t15-/m0/s1. The second-order valence-electron chi connectivity index (χ2n) is 8.00. The normalized spacial score (nSPS) is 16.9. The molecule has 1 aliphatic heterocycles. The second kappa shape index (κ2) is 9.40. The van der Waals surface area contributed by atoms with Crippen molar-refractivity contribution in [2.24, 2.45) is 5.92 Å². The molecule has 32 heavy (non-hydrogen) atoms. The van der Waals surface area contributed by atoms with Gasteiger partial charge in [-0.25, -0.2) is 14.2 Å². The third kappa shape index (κ3) is 5.53. The van der Waals surface area contributed by atoms with Crippen molar-refractivity contribution in [1.29, 1.82) is 0 Å². The summed E-state index contributed by atoms with van der Waals surface area (Å²) >= 11 is 5.67. The first-order valence-electron chi connectivity index (χ1n) is 9.88. The molecule has 2 aromatic heterocycles. The zero-order valence-corrected chi connectivity index (χ0v) is 18.1. The minimum absolute atomic E-state index is 0.0738. The number of halogens is 5. The van der Waals surface area contributed by atoms with E-state index in [0.717, 1.165) is 18.3 Å². The molecule has 1 fully saturated rings. The Bertz CT molecular complexity index is 998. The molecular weight excluding hydrogens is 452 g/mol. The van der Waals surface area contributed by atoms with E-state index >= 15 is 0 Å². The first-order chi connectivity index (χ1) is 15.0. The maximum Gasteiger partial charge on any atom is 0.433 e. The van der Waals surface area contributed by atoms with Gasteiger partial charge in [0.1, 0.15) is 11.5 Å². The molecule has 3 rings (SSSR count). The van der Waals surface area contributed by atoms with Crippen LogP contribution in [0, 0.1) is 11.7 Å². The average Bonchev–Trinajstić information content (AvgIpc) is 2.98. The molecule has 1 saturated heterocycles. The highest BCUT2D eigenvalue weighted by Gasteiger charge is 2.40. The molecule has 0 saturated carbocycles. The number of carbonyl (C=O) groups is 2. The number of amides is 2. The highest BCUT2D eigenvalue weighted by molar-refractivity contribution is 6.30. The molecule has 0 aromatic carbocycles. The van der Waals surface area contributed by atoms with Crippen LogP contribution in [0.25, 0.3) is 0 Å². The number of carbonyl (C=O) groups excluding carboxylic acids is 2. The van der Waals surface area contributed by atoms with Gasteiger partial charge >= 0.3 is 12.2 Å². The van der Waals surface area contributed by atoms with E-state index in [1.165, 1.54) is 22.1 Å². The molecule has 0 bridgehead atoms. The predicted molar refractivity (Wildman–Crippen MR) is 110 cm³/mol. The number of aromatic nitrogens is 2. The molecule has 0 unspecified atom stereocenters. The number of hydrogen-bond acceptors (Lipinski definition) is 4. The van der Waals surface area contributed by atoms with Gasteiger partial charge in [0, 0.05) is 12.7 Å². The van der Waals surface area contributed by atoms with Gasteiger partial charge in [-0.15, -0.1) is 0 Å². The van der Waals surface area contributed by atoms with Crippen LogP contribution in [0.15, 0.2) is 30.6 Å². The molecule has 3 heterocycles. The lowest BCUT2D eigenvalue weighted by atomic mass is 10.0. The van der Waals surface area contributed by atoms with E-state index in [4.69, 9.17) is 11.6 Å². The van der Waals surface area contributed by atoms with Crippen molar-refractivity contribution >= 4 is 29.1 Å². The van der Waals surface area contributed by atoms with Gasteiger partial charge in [0.05, 0.1) is 41.6 Å². The molecule has 0 spiro atoms. The number of urea groups is 1. The summed E-state index contributed by atoms with van der Waals surface area (Å²) in [4.78, 5) is 35.5. The highest BCUT2D eigenvalue weighted by atomic mass is 35.5. The molecule has 172 valence electrons. The van der Waals surface area contributed by atoms with Crippen LogP contribution in [0.3, 0.4) is 0 Å². The topological polar surface area (TPSA) is 66.4 Å². The summed E-state index contributed by atoms with van der Waals surface area (Å²) in [6.07, 6.45) is -2.10. The predicted octanol–water partition coefficient (Wildman–Crippen LogP) is 4.76. The summed E-state index contributed by atoms with van der Waals surface area (Å²) in [5.41, 5.74) is -0.927. The van der Waals surface area contributed by atoms with E-state index in [2.05, 4.69) is 9.97 Å². The van der Waals surface area contributed by atoms with Crippen molar-refractivity contribution in [2.45, 2.75) is 38.9 Å². The zero-order valence-electron chi connectivity index (χ0n) is 17.4. The van der Waals surface area contributed by atoms with Gasteiger partial charge in [-0.3, -0.25) is 14.7 Å². The molecule has 0 radical (unpaired) electrons. The van der Waals surface area contributed by atoms with Crippen molar-refractivity contribution in [3.8, 4) is 0 Å². The van der Waals surface area contributed by atoms with Crippen LogP contribution in [0.2, 0.25) is 5.02 Å². The summed E-state index contributed by atoms with van der Waals surface area (Å²) in [5, 5.41) is 0.103. The molecule has 0 aliphatic carbocycles. The fourth-order valence-electron chi connectivity index (χ4n) is 3.58. The number of pyridine rings is 2. The smallest absolute Gasteiger partial charge is 0.312 e. The number of ketones is 1. The Morgan fingerprint density at radius 2 is 1.97 bits per heavy atom. The quantitative estimate of drug-likeness (QED) is 0.545. The fraction of sp³-hybridized carbons (Fsp3) is 0.429. The Kier molecular flexibility index (Phi) is 7.02. The molecule has 1 aliphatic rings. The molecule has 0 N–H and O–H groups in total. The Labute approximate surface area is 187 Å². The second-order valence-corrected chi connectivity index (χ2v) is 8.44. The van der Waals surface area contributed by atoms with Gasteiger partial charge in [0.15, 0.2) is 5.78 Å². The number of hydrogen-bond donors (Lipinski definition) is 0. The van der Waals surface area contributed by atoms with Gasteiger partial charge in [-0.2, -0.15) is 13.2 Å². The molecule has 11 heteroatoms. The lowest BCUT2D eigenvalue weighted by molar-refractivity contribution is -0.141. The largest absolute Gasteiger partial charge is 0.433 e. The van der Waals surface area contributed by atoms with Crippen LogP contribution in [0.5, 0.6) is 0 Å². The van der Waals surface area contributed by atoms with Crippen LogP contribution in [-0.2, 0) is 17.4 Å². The van der Waals surface area contributed by atoms with E-state index in [-0.39, 0.29) is 47.9 Å². The fourth-order valence-corrected chi connectivity index (χ4v) is 3.72. The number of rotatable bonds is 7. The number of nitrogens with zero attached hydrogens (tertiary/aromatic N) is 4. The van der Waals surface area contributed by atoms with Crippen LogP contribution in [0.4, 0.5) is 28.0 Å². The summed E-state index contributed by atoms with van der Waals surface area (Å²) in [7, 11) is 0. The SMILES string of the molecule is CC(C)C[C@H]1CN(c2ccc(C(F)(F)F)nc2)C(=O)N1CC(=O)Cc1ncc(Cl)cc1F. The van der Waals surface area contributed by atoms with Crippen LogP contribution >= 0.6 is 11.6 Å². The summed E-state index contributed by atoms with van der Waals surface area (Å²) in [5.74, 6) is -0.936. The molecule has 1 atom stereocenters. The first-order valence-corrected chi connectivity index (χ1v) is 10.3. The average molecular weight is 473 g/mol. The summed E-state index contributed by atoms with van der Waals surface area (Å²) in [6, 6.07) is 2.19. The van der Waals surface area contributed by atoms with Crippen molar-refractivity contribution < 1.29 is 27.2 Å². The van der Waals surface area contributed by atoms with Crippen LogP contribution in [0.1, 0.15) is 31.7 Å². The van der Waals surface area contributed by atoms with Gasteiger partial charge in [-0.05, 0) is 30.5 Å². The summed E-state index contributed by atoms with van der Waals surface area (Å²) < 4.78 is 52.3. The Balaban J connectivity index is 1.77. The van der Waals surface area contributed by atoms with Crippen LogP contribution < -0.4 is 4.90 Å². The highest BCUT2D eigenvalue weighted by Crippen LogP contribution is 2.31. The van der Waals surface area contributed by atoms with Crippen LogP contribution in [-0.4, -0.2) is 45.8 Å². The van der Waals surface area contributed by atoms with E-state index in [0.29, 0.717) is 6.42 Å². The molecule has 2 amide bonds. The van der Waals surface area contributed by atoms with E-state index < -0.39 is 29.5 Å². The van der Waals surface area contributed by atoms with Gasteiger partial charge in [-0.1, -0.05) is 25.4 Å². The van der Waals surface area contributed by atoms with Gasteiger partial charge < -0.3 is 4.90 Å². The monoisotopic (exact) mass is 472 g/mol. The van der Waals surface area contributed by atoms with Crippen molar-refractivity contribution in [2.75, 3.05) is 18.0 Å². The number of anilines is 1. The van der Waals surface area contributed by atoms with Crippen molar-refractivity contribution in [3.63, 3.8) is 0 Å². The van der Waals surface area contributed by atoms with E-state index in [9.17, 15) is 27.2 Å². The van der Waals surface area contributed by atoms with E-state index in [1.807, 2.05) is 13.8 Å². The third-order valence-electron chi connectivity index (χ3n) is 5.00. The summed E-state index contributed by atoms with van der Waals surface area (Å²) in [6.45, 7) is 3.84. The minimum atomic E-state index is -4.59. The Morgan fingerprint density at radius 3 is 2.53 bits per heavy atom. The number of alkyl halides is 3. The molecule has 2 aromatic rings. The third-order valence-corrected chi connectivity index (χ3v) is 5.21. The van der Waals surface area contributed by atoms with Gasteiger partial charge in [0.25, 0.3) is 0 Å². The van der Waals surface area contributed by atoms with Gasteiger partial charge in [0.2, 0.25) is 0 Å². The molecular formula is C21H21ClF4N4O2. The van der Waals surface area contributed by atoms with E-state index in [1.54, 1.807) is 0 Å². The van der Waals surface area contributed by atoms with Crippen molar-refractivity contribution in [1.82, 2.24) is 14.9 Å². The number of Topliss-reactive ketones (excluding diaryl/α,β-unsaturated/α-hetero) is 1. The lowest BCUT2D eigenvalue weighted by Gasteiger charge is -2.23. The maximum atomic E-state index is 14.0. The Morgan fingerprint density at radius 1 is 1.25 bits per heavy atom. The minimum Gasteiger partial charge on any atom is -0.312 e. The molecule has 6 nitrogen and oxygen atoms in total.